The molecule has 0 radical (unpaired) electrons. The van der Waals surface area contributed by atoms with E-state index in [1.54, 1.807) is 19.1 Å². The molecular formula is C15H17N3O4. The molecule has 2 aromatic rings. The second-order valence-electron chi connectivity index (χ2n) is 4.91. The Labute approximate surface area is 127 Å². The van der Waals surface area contributed by atoms with Crippen LogP contribution in [0.25, 0.3) is 0 Å². The third-order valence-electron chi connectivity index (χ3n) is 3.37. The van der Waals surface area contributed by atoms with Gasteiger partial charge in [-0.2, -0.15) is 5.10 Å². The molecule has 0 saturated heterocycles. The maximum Gasteiger partial charge on any atom is 0.333 e. The number of carbonyl (C=O) groups is 1. The average molecular weight is 303 g/mol. The summed E-state index contributed by atoms with van der Waals surface area (Å²) in [5.41, 5.74) is 1.69. The third kappa shape index (κ3) is 3.30. The molecule has 1 aromatic heterocycles. The number of rotatable bonds is 5. The van der Waals surface area contributed by atoms with Crippen LogP contribution < -0.4 is 4.74 Å². The van der Waals surface area contributed by atoms with Gasteiger partial charge in [-0.15, -0.1) is 0 Å². The lowest BCUT2D eigenvalue weighted by molar-refractivity contribution is -0.386. The molecule has 22 heavy (non-hydrogen) atoms. The first-order valence-electron chi connectivity index (χ1n) is 6.90. The molecule has 0 atom stereocenters. The molecule has 1 heterocycles. The quantitative estimate of drug-likeness (QED) is 0.366. The van der Waals surface area contributed by atoms with Crippen molar-refractivity contribution in [1.82, 2.24) is 9.78 Å². The first kappa shape index (κ1) is 15.7. The van der Waals surface area contributed by atoms with Crippen molar-refractivity contribution in [2.24, 2.45) is 0 Å². The lowest BCUT2D eigenvalue weighted by Crippen LogP contribution is -2.18. The summed E-state index contributed by atoms with van der Waals surface area (Å²) in [6.45, 7) is 4.96. The fourth-order valence-corrected chi connectivity index (χ4v) is 2.18. The van der Waals surface area contributed by atoms with Crippen molar-refractivity contribution in [2.45, 2.75) is 33.7 Å². The monoisotopic (exact) mass is 303 g/mol. The predicted molar refractivity (Wildman–Crippen MR) is 79.8 cm³/mol. The zero-order valence-electron chi connectivity index (χ0n) is 12.7. The molecule has 116 valence electrons. The van der Waals surface area contributed by atoms with E-state index in [0.29, 0.717) is 11.4 Å². The Bertz CT molecular complexity index is 704. The molecule has 0 aliphatic rings. The zero-order chi connectivity index (χ0) is 16.3. The highest BCUT2D eigenvalue weighted by Crippen LogP contribution is 2.22. The number of nitrogens with zero attached hydrogens (tertiary/aromatic N) is 3. The van der Waals surface area contributed by atoms with Gasteiger partial charge in [0.2, 0.25) is 0 Å². The topological polar surface area (TPSA) is 87.3 Å². The van der Waals surface area contributed by atoms with Crippen molar-refractivity contribution < 1.29 is 14.5 Å². The van der Waals surface area contributed by atoms with Crippen LogP contribution in [0.15, 0.2) is 24.3 Å². The first-order chi connectivity index (χ1) is 10.4. The lowest BCUT2D eigenvalue weighted by Gasteiger charge is -2.06. The lowest BCUT2D eigenvalue weighted by atomic mass is 10.2. The van der Waals surface area contributed by atoms with Crippen molar-refractivity contribution in [3.8, 4) is 5.75 Å². The summed E-state index contributed by atoms with van der Waals surface area (Å²) < 4.78 is 6.50. The summed E-state index contributed by atoms with van der Waals surface area (Å²) >= 11 is 0. The van der Waals surface area contributed by atoms with Crippen LogP contribution in [0, 0.1) is 24.0 Å². The first-order valence-corrected chi connectivity index (χ1v) is 6.90. The molecule has 2 rings (SSSR count). The zero-order valence-corrected chi connectivity index (χ0v) is 12.7. The predicted octanol–water partition coefficient (Wildman–Crippen LogP) is 2.58. The molecule has 0 N–H and O–H groups in total. The number of aryl methyl sites for hydroxylation is 2. The Morgan fingerprint density at radius 2 is 1.95 bits per heavy atom. The Kier molecular flexibility index (Phi) is 4.55. The highest BCUT2D eigenvalue weighted by Gasteiger charge is 2.23. The molecule has 7 heteroatoms. The largest absolute Gasteiger partial charge is 0.425 e. The van der Waals surface area contributed by atoms with E-state index < -0.39 is 10.9 Å². The molecule has 0 aliphatic heterocycles. The molecule has 1 aromatic carbocycles. The molecule has 0 unspecified atom stereocenters. The Morgan fingerprint density at radius 3 is 2.45 bits per heavy atom. The molecule has 0 saturated carbocycles. The van der Waals surface area contributed by atoms with E-state index in [-0.39, 0.29) is 17.9 Å². The minimum Gasteiger partial charge on any atom is -0.425 e. The summed E-state index contributed by atoms with van der Waals surface area (Å²) in [6.07, 6.45) is 0.906. The number of ether oxygens (including phenoxy) is 1. The van der Waals surface area contributed by atoms with Crippen molar-refractivity contribution in [3.05, 3.63) is 51.3 Å². The van der Waals surface area contributed by atoms with Crippen molar-refractivity contribution in [2.75, 3.05) is 0 Å². The van der Waals surface area contributed by atoms with Crippen LogP contribution in [0.5, 0.6) is 5.75 Å². The third-order valence-corrected chi connectivity index (χ3v) is 3.37. The molecule has 0 fully saturated rings. The van der Waals surface area contributed by atoms with Gasteiger partial charge in [-0.3, -0.25) is 14.8 Å². The van der Waals surface area contributed by atoms with Gasteiger partial charge in [0, 0.05) is 0 Å². The van der Waals surface area contributed by atoms with Crippen LogP contribution in [0.2, 0.25) is 0 Å². The molecule has 0 amide bonds. The standard InChI is InChI=1S/C15H17N3O4/c1-4-12-5-7-13(8-6-12)22-14(19)9-17-11(3)15(18(20)21)10(2)16-17/h5-8H,4,9H2,1-3H3. The fourth-order valence-electron chi connectivity index (χ4n) is 2.18. The molecule has 0 spiro atoms. The maximum atomic E-state index is 11.9. The van der Waals surface area contributed by atoms with E-state index >= 15 is 0 Å². The Balaban J connectivity index is 2.09. The van der Waals surface area contributed by atoms with Crippen LogP contribution in [0.3, 0.4) is 0 Å². The Hall–Kier alpha value is -2.70. The molecule has 7 nitrogen and oxygen atoms in total. The average Bonchev–Trinajstić information content (AvgIpc) is 2.74. The van der Waals surface area contributed by atoms with Gasteiger partial charge < -0.3 is 4.74 Å². The second-order valence-corrected chi connectivity index (χ2v) is 4.91. The number of hydrogen-bond donors (Lipinski definition) is 0. The van der Waals surface area contributed by atoms with Crippen LogP contribution in [0.1, 0.15) is 23.9 Å². The molecule has 0 aliphatic carbocycles. The summed E-state index contributed by atoms with van der Waals surface area (Å²) in [5.74, 6) is -0.0806. The van der Waals surface area contributed by atoms with Crippen LogP contribution in [-0.4, -0.2) is 20.7 Å². The summed E-state index contributed by atoms with van der Waals surface area (Å²) in [4.78, 5) is 22.4. The second kappa shape index (κ2) is 6.38. The van der Waals surface area contributed by atoms with E-state index in [1.807, 2.05) is 19.1 Å². The van der Waals surface area contributed by atoms with E-state index in [9.17, 15) is 14.9 Å². The van der Waals surface area contributed by atoms with Gasteiger partial charge in [0.25, 0.3) is 0 Å². The number of carbonyl (C=O) groups excluding carboxylic acids is 1. The van der Waals surface area contributed by atoms with Crippen molar-refractivity contribution in [3.63, 3.8) is 0 Å². The smallest absolute Gasteiger partial charge is 0.333 e. The highest BCUT2D eigenvalue weighted by molar-refractivity contribution is 5.72. The number of esters is 1. The summed E-state index contributed by atoms with van der Waals surface area (Å²) in [7, 11) is 0. The van der Waals surface area contributed by atoms with Gasteiger partial charge in [0.05, 0.1) is 4.92 Å². The molecular weight excluding hydrogens is 286 g/mol. The van der Waals surface area contributed by atoms with Crippen molar-refractivity contribution in [1.29, 1.82) is 0 Å². The normalized spacial score (nSPS) is 10.5. The van der Waals surface area contributed by atoms with E-state index in [0.717, 1.165) is 12.0 Å². The SMILES string of the molecule is CCc1ccc(OC(=O)Cn2nc(C)c([N+](=O)[O-])c2C)cc1. The van der Waals surface area contributed by atoms with Gasteiger partial charge in [-0.05, 0) is 38.0 Å². The van der Waals surface area contributed by atoms with Crippen LogP contribution in [0.4, 0.5) is 5.69 Å². The summed E-state index contributed by atoms with van der Waals surface area (Å²) in [5, 5.41) is 14.9. The fraction of sp³-hybridized carbons (Fsp3) is 0.333. The van der Waals surface area contributed by atoms with Gasteiger partial charge in [0.15, 0.2) is 0 Å². The van der Waals surface area contributed by atoms with Crippen LogP contribution >= 0.6 is 0 Å². The van der Waals surface area contributed by atoms with Gasteiger partial charge in [-0.25, -0.2) is 4.79 Å². The van der Waals surface area contributed by atoms with Gasteiger partial charge in [0.1, 0.15) is 23.7 Å². The number of benzene rings is 1. The van der Waals surface area contributed by atoms with E-state index in [1.165, 1.54) is 11.6 Å². The Morgan fingerprint density at radius 1 is 1.32 bits per heavy atom. The van der Waals surface area contributed by atoms with E-state index in [4.69, 9.17) is 4.74 Å². The number of aromatic nitrogens is 2. The number of hydrogen-bond acceptors (Lipinski definition) is 5. The minimum atomic E-state index is -0.523. The maximum absolute atomic E-state index is 11.9. The highest BCUT2D eigenvalue weighted by atomic mass is 16.6. The van der Waals surface area contributed by atoms with E-state index in [2.05, 4.69) is 5.10 Å². The van der Waals surface area contributed by atoms with Crippen molar-refractivity contribution >= 4 is 11.7 Å². The number of nitro groups is 1. The van der Waals surface area contributed by atoms with Gasteiger partial charge >= 0.3 is 11.7 Å². The van der Waals surface area contributed by atoms with Crippen LogP contribution in [-0.2, 0) is 17.8 Å². The minimum absolute atomic E-state index is 0.0694. The summed E-state index contributed by atoms with van der Waals surface area (Å²) in [6, 6.07) is 7.22. The van der Waals surface area contributed by atoms with Gasteiger partial charge in [-0.1, -0.05) is 19.1 Å². The molecule has 0 bridgehead atoms.